The van der Waals surface area contributed by atoms with Crippen molar-refractivity contribution in [2.24, 2.45) is 5.92 Å². The predicted molar refractivity (Wildman–Crippen MR) is 106 cm³/mol. The van der Waals surface area contributed by atoms with Gasteiger partial charge >= 0.3 is 5.97 Å². The van der Waals surface area contributed by atoms with Crippen molar-refractivity contribution in [3.8, 4) is 0 Å². The van der Waals surface area contributed by atoms with Crippen LogP contribution < -0.4 is 0 Å². The van der Waals surface area contributed by atoms with E-state index < -0.39 is 0 Å². The molecule has 0 unspecified atom stereocenters. The van der Waals surface area contributed by atoms with Crippen molar-refractivity contribution in [1.29, 1.82) is 0 Å². The zero-order chi connectivity index (χ0) is 19.2. The van der Waals surface area contributed by atoms with E-state index in [0.717, 1.165) is 36.5 Å². The highest BCUT2D eigenvalue weighted by molar-refractivity contribution is 7.98. The van der Waals surface area contributed by atoms with Crippen molar-refractivity contribution in [1.82, 2.24) is 9.88 Å². The van der Waals surface area contributed by atoms with Gasteiger partial charge in [0.2, 0.25) is 0 Å². The summed E-state index contributed by atoms with van der Waals surface area (Å²) < 4.78 is 4.84. The monoisotopic (exact) mass is 384 g/mol. The summed E-state index contributed by atoms with van der Waals surface area (Å²) in [5.41, 5.74) is 1.85. The number of benzene rings is 1. The largest absolute Gasteiger partial charge is 0.465 e. The van der Waals surface area contributed by atoms with E-state index in [-0.39, 0.29) is 11.9 Å². The van der Waals surface area contributed by atoms with Crippen LogP contribution in [0.15, 0.2) is 47.4 Å². The number of thioether (sulfide) groups is 1. The van der Waals surface area contributed by atoms with Gasteiger partial charge in [-0.25, -0.2) is 9.78 Å². The minimum atomic E-state index is -0.352. The highest BCUT2D eigenvalue weighted by Crippen LogP contribution is 2.26. The molecule has 0 spiro atoms. The Morgan fingerprint density at radius 2 is 1.89 bits per heavy atom. The molecule has 2 aromatic rings. The van der Waals surface area contributed by atoms with Gasteiger partial charge in [0.1, 0.15) is 5.69 Å². The van der Waals surface area contributed by atoms with Crippen molar-refractivity contribution in [2.45, 2.75) is 30.4 Å². The van der Waals surface area contributed by atoms with Crippen LogP contribution in [0.5, 0.6) is 0 Å². The number of carbonyl (C=O) groups is 2. The second kappa shape index (κ2) is 9.04. The van der Waals surface area contributed by atoms with Crippen molar-refractivity contribution < 1.29 is 14.3 Å². The maximum Gasteiger partial charge on any atom is 0.338 e. The van der Waals surface area contributed by atoms with E-state index >= 15 is 0 Å². The van der Waals surface area contributed by atoms with Crippen molar-refractivity contribution >= 4 is 23.6 Å². The number of methoxy groups -OCH3 is 1. The highest BCUT2D eigenvalue weighted by atomic mass is 32.2. The number of hydrogen-bond acceptors (Lipinski definition) is 5. The Labute approximate surface area is 164 Å². The number of carbonyl (C=O) groups excluding carboxylic acids is 2. The van der Waals surface area contributed by atoms with Crippen LogP contribution in [0.2, 0.25) is 0 Å². The molecule has 0 saturated carbocycles. The molecule has 1 aromatic heterocycles. The van der Waals surface area contributed by atoms with Crippen LogP contribution in [-0.2, 0) is 10.5 Å². The molecule has 142 valence electrons. The highest BCUT2D eigenvalue weighted by Gasteiger charge is 2.22. The van der Waals surface area contributed by atoms with E-state index in [1.165, 1.54) is 18.9 Å². The smallest absolute Gasteiger partial charge is 0.338 e. The number of hydrogen-bond donors (Lipinski definition) is 0. The number of pyridine rings is 1. The standard InChI is InChI=1S/C21H24N2O3S/c1-15-10-12-23(13-11-15)20(24)18-8-5-6-16(22-18)14-27-19-9-4-3-7-17(19)21(25)26-2/h3-9,15H,10-14H2,1-2H3. The van der Waals surface area contributed by atoms with Gasteiger partial charge in [0.15, 0.2) is 0 Å². The predicted octanol–water partition coefficient (Wildman–Crippen LogP) is 4.03. The number of piperidine rings is 1. The first-order valence-corrected chi connectivity index (χ1v) is 10.1. The molecule has 27 heavy (non-hydrogen) atoms. The molecule has 1 saturated heterocycles. The minimum Gasteiger partial charge on any atom is -0.465 e. The summed E-state index contributed by atoms with van der Waals surface area (Å²) in [6.45, 7) is 3.82. The lowest BCUT2D eigenvalue weighted by Crippen LogP contribution is -2.38. The van der Waals surface area contributed by atoms with E-state index in [4.69, 9.17) is 4.74 Å². The summed E-state index contributed by atoms with van der Waals surface area (Å²) in [4.78, 5) is 31.9. The molecule has 1 fully saturated rings. The molecule has 2 heterocycles. The van der Waals surface area contributed by atoms with Crippen molar-refractivity contribution in [2.75, 3.05) is 20.2 Å². The first-order chi connectivity index (χ1) is 13.1. The Balaban J connectivity index is 1.68. The molecular formula is C21H24N2O3S. The van der Waals surface area contributed by atoms with Crippen LogP contribution in [0.3, 0.4) is 0 Å². The zero-order valence-corrected chi connectivity index (χ0v) is 16.5. The maximum absolute atomic E-state index is 12.7. The Hall–Kier alpha value is -2.34. The lowest BCUT2D eigenvalue weighted by molar-refractivity contribution is 0.0596. The molecule has 0 radical (unpaired) electrons. The molecule has 3 rings (SSSR count). The Morgan fingerprint density at radius 3 is 2.63 bits per heavy atom. The SMILES string of the molecule is COC(=O)c1ccccc1SCc1cccc(C(=O)N2CCC(C)CC2)n1. The Morgan fingerprint density at radius 1 is 1.15 bits per heavy atom. The number of likely N-dealkylation sites (tertiary alicyclic amines) is 1. The number of aromatic nitrogens is 1. The second-order valence-electron chi connectivity index (χ2n) is 6.77. The van der Waals surface area contributed by atoms with Crippen LogP contribution >= 0.6 is 11.8 Å². The number of ether oxygens (including phenoxy) is 1. The number of amides is 1. The van der Waals surface area contributed by atoms with Crippen LogP contribution in [-0.4, -0.2) is 42.0 Å². The van der Waals surface area contributed by atoms with E-state index in [2.05, 4.69) is 11.9 Å². The Kier molecular flexibility index (Phi) is 6.50. The summed E-state index contributed by atoms with van der Waals surface area (Å²) >= 11 is 1.51. The molecule has 6 heteroatoms. The van der Waals surface area contributed by atoms with Gasteiger partial charge in [-0.2, -0.15) is 0 Å². The third kappa shape index (κ3) is 4.89. The second-order valence-corrected chi connectivity index (χ2v) is 7.78. The first kappa shape index (κ1) is 19.4. The van der Waals surface area contributed by atoms with Gasteiger partial charge in [0, 0.05) is 23.7 Å². The fraction of sp³-hybridized carbons (Fsp3) is 0.381. The fourth-order valence-corrected chi connectivity index (χ4v) is 4.02. The van der Waals surface area contributed by atoms with E-state index in [9.17, 15) is 9.59 Å². The molecular weight excluding hydrogens is 360 g/mol. The van der Waals surface area contributed by atoms with Gasteiger partial charge in [-0.1, -0.05) is 25.1 Å². The average molecular weight is 385 g/mol. The van der Waals surface area contributed by atoms with Crippen LogP contribution in [0.1, 0.15) is 46.3 Å². The molecule has 1 amide bonds. The molecule has 1 aliphatic rings. The molecule has 1 aromatic carbocycles. The summed E-state index contributed by atoms with van der Waals surface area (Å²) in [5, 5.41) is 0. The topological polar surface area (TPSA) is 59.5 Å². The van der Waals surface area contributed by atoms with E-state index in [1.54, 1.807) is 12.1 Å². The van der Waals surface area contributed by atoms with E-state index in [0.29, 0.717) is 22.9 Å². The molecule has 0 N–H and O–H groups in total. The van der Waals surface area contributed by atoms with Crippen LogP contribution in [0.25, 0.3) is 0 Å². The number of rotatable bonds is 5. The van der Waals surface area contributed by atoms with Crippen molar-refractivity contribution in [3.63, 3.8) is 0 Å². The third-order valence-corrected chi connectivity index (χ3v) is 5.87. The third-order valence-electron chi connectivity index (χ3n) is 4.76. The van der Waals surface area contributed by atoms with Crippen LogP contribution in [0, 0.1) is 5.92 Å². The van der Waals surface area contributed by atoms with Crippen LogP contribution in [0.4, 0.5) is 0 Å². The van der Waals surface area contributed by atoms with Gasteiger partial charge in [0.25, 0.3) is 5.91 Å². The molecule has 1 aliphatic heterocycles. The van der Waals surface area contributed by atoms with Gasteiger partial charge in [-0.15, -0.1) is 11.8 Å². The van der Waals surface area contributed by atoms with Gasteiger partial charge in [-0.3, -0.25) is 4.79 Å². The maximum atomic E-state index is 12.7. The lowest BCUT2D eigenvalue weighted by Gasteiger charge is -2.30. The molecule has 0 atom stereocenters. The summed E-state index contributed by atoms with van der Waals surface area (Å²) in [6.07, 6.45) is 2.09. The lowest BCUT2D eigenvalue weighted by atomic mass is 9.99. The zero-order valence-electron chi connectivity index (χ0n) is 15.7. The summed E-state index contributed by atoms with van der Waals surface area (Å²) in [7, 11) is 1.38. The first-order valence-electron chi connectivity index (χ1n) is 9.14. The number of esters is 1. The van der Waals surface area contributed by atoms with Gasteiger partial charge < -0.3 is 9.64 Å². The summed E-state index contributed by atoms with van der Waals surface area (Å²) in [5.74, 6) is 0.907. The minimum absolute atomic E-state index is 0.00344. The normalized spacial score (nSPS) is 14.8. The fourth-order valence-electron chi connectivity index (χ4n) is 3.08. The average Bonchev–Trinajstić information content (AvgIpc) is 2.72. The van der Waals surface area contributed by atoms with Crippen molar-refractivity contribution in [3.05, 3.63) is 59.4 Å². The summed E-state index contributed by atoms with van der Waals surface area (Å²) in [6, 6.07) is 12.9. The Bertz CT molecular complexity index is 817. The van der Waals surface area contributed by atoms with E-state index in [1.807, 2.05) is 35.2 Å². The quantitative estimate of drug-likeness (QED) is 0.575. The van der Waals surface area contributed by atoms with Gasteiger partial charge in [0.05, 0.1) is 18.4 Å². The van der Waals surface area contributed by atoms with Gasteiger partial charge in [-0.05, 0) is 43.0 Å². The molecule has 0 bridgehead atoms. The number of nitrogens with zero attached hydrogens (tertiary/aromatic N) is 2. The molecule has 0 aliphatic carbocycles. The molecule has 5 nitrogen and oxygen atoms in total.